The lowest BCUT2D eigenvalue weighted by Gasteiger charge is -2.27. The molecule has 3 heterocycles. The molecule has 3 amide bonds. The fourth-order valence-corrected chi connectivity index (χ4v) is 4.82. The van der Waals surface area contributed by atoms with E-state index in [9.17, 15) is 14.4 Å². The summed E-state index contributed by atoms with van der Waals surface area (Å²) >= 11 is 1.37. The van der Waals surface area contributed by atoms with Gasteiger partial charge in [-0.1, -0.05) is 17.8 Å². The number of nitrogens with zero attached hydrogens (tertiary/aromatic N) is 2. The molecule has 9 heteroatoms. The minimum Gasteiger partial charge on any atom is -0.469 e. The summed E-state index contributed by atoms with van der Waals surface area (Å²) in [5, 5.41) is 5.87. The fourth-order valence-electron chi connectivity index (χ4n) is 3.70. The van der Waals surface area contributed by atoms with Crippen molar-refractivity contribution < 1.29 is 18.8 Å². The van der Waals surface area contributed by atoms with Crippen LogP contribution in [-0.4, -0.2) is 52.7 Å². The third-order valence-corrected chi connectivity index (χ3v) is 6.59. The van der Waals surface area contributed by atoms with Gasteiger partial charge in [-0.15, -0.1) is 0 Å². The van der Waals surface area contributed by atoms with Crippen LogP contribution in [0.15, 0.2) is 52.1 Å². The highest BCUT2D eigenvalue weighted by molar-refractivity contribution is 8.15. The Morgan fingerprint density at radius 1 is 1.16 bits per heavy atom. The van der Waals surface area contributed by atoms with Gasteiger partial charge in [0.1, 0.15) is 11.0 Å². The van der Waals surface area contributed by atoms with E-state index in [0.29, 0.717) is 24.2 Å². The third kappa shape index (κ3) is 5.79. The number of furan rings is 1. The van der Waals surface area contributed by atoms with Gasteiger partial charge in [0, 0.05) is 43.7 Å². The van der Waals surface area contributed by atoms with Crippen molar-refractivity contribution in [2.75, 3.05) is 25.0 Å². The highest BCUT2D eigenvalue weighted by Gasteiger charge is 2.33. The molecule has 8 nitrogen and oxygen atoms in total. The Bertz CT molecular complexity index is 999. The standard InChI is InChI=1S/C23H26N4O4S/c28-20(15-19-22(30)26-23(32-19)27-11-2-1-3-12-27)25-17-7-4-6-16(14-17)21(29)24-10-9-18-8-5-13-31-18/h4-8,13-14,19H,1-3,9-12,15H2,(H,24,29)(H,25,28). The summed E-state index contributed by atoms with van der Waals surface area (Å²) in [5.74, 6) is 0.0450. The second-order valence-electron chi connectivity index (χ2n) is 7.81. The lowest BCUT2D eigenvalue weighted by molar-refractivity contribution is -0.121. The van der Waals surface area contributed by atoms with Gasteiger partial charge >= 0.3 is 0 Å². The fraction of sp³-hybridized carbons (Fsp3) is 0.391. The normalized spacial score (nSPS) is 18.4. The van der Waals surface area contributed by atoms with E-state index in [1.54, 1.807) is 30.5 Å². The molecule has 1 atom stereocenters. The number of hydrogen-bond donors (Lipinski definition) is 2. The Kier molecular flexibility index (Phi) is 7.26. The molecule has 1 fully saturated rings. The van der Waals surface area contributed by atoms with Crippen LogP contribution in [0.2, 0.25) is 0 Å². The molecule has 4 rings (SSSR count). The van der Waals surface area contributed by atoms with Crippen LogP contribution < -0.4 is 10.6 Å². The molecule has 0 saturated carbocycles. The zero-order valence-electron chi connectivity index (χ0n) is 17.7. The maximum atomic E-state index is 12.5. The minimum absolute atomic E-state index is 0.0455. The van der Waals surface area contributed by atoms with Crippen molar-refractivity contribution in [2.45, 2.75) is 37.4 Å². The second-order valence-corrected chi connectivity index (χ2v) is 8.98. The molecular formula is C23H26N4O4S. The largest absolute Gasteiger partial charge is 0.469 e. The number of thioether (sulfide) groups is 1. The smallest absolute Gasteiger partial charge is 0.262 e. The van der Waals surface area contributed by atoms with E-state index in [1.807, 2.05) is 12.1 Å². The van der Waals surface area contributed by atoms with Crippen molar-refractivity contribution in [3.63, 3.8) is 0 Å². The summed E-state index contributed by atoms with van der Waals surface area (Å²) in [6.45, 7) is 2.27. The molecule has 0 bridgehead atoms. The van der Waals surface area contributed by atoms with Crippen LogP contribution in [0.25, 0.3) is 0 Å². The van der Waals surface area contributed by atoms with Crippen LogP contribution in [0.1, 0.15) is 41.8 Å². The first kappa shape index (κ1) is 22.1. The minimum atomic E-state index is -0.500. The quantitative estimate of drug-likeness (QED) is 0.666. The van der Waals surface area contributed by atoms with Crippen molar-refractivity contribution in [3.05, 3.63) is 54.0 Å². The molecule has 32 heavy (non-hydrogen) atoms. The monoisotopic (exact) mass is 454 g/mol. The molecule has 0 radical (unpaired) electrons. The number of likely N-dealkylation sites (tertiary alicyclic amines) is 1. The van der Waals surface area contributed by atoms with E-state index in [4.69, 9.17) is 4.42 Å². The van der Waals surface area contributed by atoms with Gasteiger partial charge in [0.25, 0.3) is 11.8 Å². The highest BCUT2D eigenvalue weighted by Crippen LogP contribution is 2.29. The summed E-state index contributed by atoms with van der Waals surface area (Å²) < 4.78 is 5.25. The number of hydrogen-bond acceptors (Lipinski definition) is 6. The Morgan fingerprint density at radius 2 is 2.00 bits per heavy atom. The van der Waals surface area contributed by atoms with Crippen LogP contribution in [0.5, 0.6) is 0 Å². The van der Waals surface area contributed by atoms with E-state index in [1.165, 1.54) is 18.2 Å². The molecule has 2 N–H and O–H groups in total. The molecule has 0 spiro atoms. The topological polar surface area (TPSA) is 104 Å². The number of benzene rings is 1. The van der Waals surface area contributed by atoms with E-state index in [2.05, 4.69) is 20.5 Å². The average Bonchev–Trinajstić information content (AvgIpc) is 3.44. The summed E-state index contributed by atoms with van der Waals surface area (Å²) in [6.07, 6.45) is 5.65. The van der Waals surface area contributed by atoms with E-state index in [0.717, 1.165) is 36.9 Å². The van der Waals surface area contributed by atoms with Gasteiger partial charge in [0.05, 0.1) is 6.26 Å². The van der Waals surface area contributed by atoms with Gasteiger partial charge in [-0.05, 0) is 49.6 Å². The molecular weight excluding hydrogens is 428 g/mol. The maximum absolute atomic E-state index is 12.5. The SMILES string of the molecule is O=C(CC1SC(N2CCCCC2)=NC1=O)Nc1cccc(C(=O)NCCc2ccco2)c1. The van der Waals surface area contributed by atoms with Gasteiger partial charge in [-0.3, -0.25) is 14.4 Å². The van der Waals surface area contributed by atoms with Crippen LogP contribution in [0.3, 0.4) is 0 Å². The third-order valence-electron chi connectivity index (χ3n) is 5.37. The zero-order chi connectivity index (χ0) is 22.3. The Balaban J connectivity index is 1.26. The number of anilines is 1. The number of amidine groups is 1. The Labute approximate surface area is 190 Å². The number of carbonyl (C=O) groups is 3. The number of nitrogens with one attached hydrogen (secondary N) is 2. The molecule has 1 saturated heterocycles. The van der Waals surface area contributed by atoms with Crippen LogP contribution in [-0.2, 0) is 16.0 Å². The van der Waals surface area contributed by atoms with Gasteiger partial charge in [0.15, 0.2) is 5.17 Å². The molecule has 0 aliphatic carbocycles. The van der Waals surface area contributed by atoms with Crippen LogP contribution in [0, 0.1) is 0 Å². The number of carbonyl (C=O) groups excluding carboxylic acids is 3. The number of amides is 3. The molecule has 2 aliphatic rings. The lowest BCUT2D eigenvalue weighted by atomic mass is 10.1. The molecule has 1 aromatic carbocycles. The Morgan fingerprint density at radius 3 is 2.78 bits per heavy atom. The first-order valence-corrected chi connectivity index (χ1v) is 11.7. The van der Waals surface area contributed by atoms with Crippen molar-refractivity contribution in [1.29, 1.82) is 0 Å². The summed E-state index contributed by atoms with van der Waals surface area (Å²) in [7, 11) is 0. The molecule has 168 valence electrons. The molecule has 1 aromatic heterocycles. The predicted molar refractivity (Wildman–Crippen MR) is 124 cm³/mol. The second kappa shape index (κ2) is 10.5. The molecule has 2 aliphatic heterocycles. The van der Waals surface area contributed by atoms with Crippen molar-refractivity contribution in [3.8, 4) is 0 Å². The average molecular weight is 455 g/mol. The predicted octanol–water partition coefficient (Wildman–Crippen LogP) is 3.06. The van der Waals surface area contributed by atoms with Gasteiger partial charge in [-0.2, -0.15) is 4.99 Å². The van der Waals surface area contributed by atoms with Crippen LogP contribution >= 0.6 is 11.8 Å². The van der Waals surface area contributed by atoms with Crippen molar-refractivity contribution in [2.24, 2.45) is 4.99 Å². The highest BCUT2D eigenvalue weighted by atomic mass is 32.2. The first-order chi connectivity index (χ1) is 15.6. The van der Waals surface area contributed by atoms with Crippen molar-refractivity contribution >= 4 is 40.3 Å². The van der Waals surface area contributed by atoms with Gasteiger partial charge in [0.2, 0.25) is 5.91 Å². The summed E-state index contributed by atoms with van der Waals surface area (Å²) in [4.78, 5) is 43.5. The molecule has 1 unspecified atom stereocenters. The van der Waals surface area contributed by atoms with Gasteiger partial charge in [-0.25, -0.2) is 0 Å². The van der Waals surface area contributed by atoms with E-state index >= 15 is 0 Å². The number of rotatable bonds is 7. The van der Waals surface area contributed by atoms with Crippen LogP contribution in [0.4, 0.5) is 5.69 Å². The zero-order valence-corrected chi connectivity index (χ0v) is 18.5. The lowest BCUT2D eigenvalue weighted by Crippen LogP contribution is -2.33. The molecule has 2 aromatic rings. The number of piperidine rings is 1. The Hall–Kier alpha value is -3.07. The van der Waals surface area contributed by atoms with Crippen molar-refractivity contribution in [1.82, 2.24) is 10.2 Å². The van der Waals surface area contributed by atoms with Gasteiger partial charge < -0.3 is 20.0 Å². The van der Waals surface area contributed by atoms with E-state index in [-0.39, 0.29) is 24.1 Å². The maximum Gasteiger partial charge on any atom is 0.262 e. The first-order valence-electron chi connectivity index (χ1n) is 10.8. The van der Waals surface area contributed by atoms with E-state index < -0.39 is 5.25 Å². The summed E-state index contributed by atoms with van der Waals surface area (Å²) in [6, 6.07) is 10.4. The summed E-state index contributed by atoms with van der Waals surface area (Å²) in [5.41, 5.74) is 0.964. The number of aliphatic imine (C=N–C) groups is 1.